The molecule has 0 unspecified atom stereocenters. The standard InChI is InChI=1S/C57H77F2N11O20S/c1-33(2)50(52(77)69-91(3,85)32-34-26-45-66-44-29-37(38(59)31-62-44)36-11-10-35(58)28-43(36)89-18-7-19-90-47(27-34)67-45)68-51(76)42-9-6-17-70(42)53(78)41(30-49(74)75)63-46(71)14-20-86-22-24-88-25-23-87-21-16-61-56(83)60-15-5-4-8-39(54(79)80)64-57(84)65-40(55(81)82)12-13-48(72)73/h10-11,26-29,31,33,39-42,50H,4-9,12-25,30,32H2,1-3H3,(H,63,71)(H,68,76)(H,72,73)(H,74,75)(H,79,80)(H,81,82)(H2,60,61,83)(H,62,66,67)(H2,64,65,84)/t39-,40-,41-,42-,50-,91+/m0/s1. The topological polar surface area (TPSA) is 440 Å². The zero-order valence-electron chi connectivity index (χ0n) is 50.3. The third-order valence-corrected chi connectivity index (χ3v) is 15.0. The van der Waals surface area contributed by atoms with Crippen LogP contribution >= 0.6 is 0 Å². The van der Waals surface area contributed by atoms with Crippen molar-refractivity contribution in [3.05, 3.63) is 59.8 Å². The summed E-state index contributed by atoms with van der Waals surface area (Å²) in [6.45, 7) is 4.23. The quantitative estimate of drug-likeness (QED) is 0.0383. The number of likely N-dealkylation sites (tertiary alicyclic amines) is 1. The molecular formula is C57H77F2N11O20S. The third kappa shape index (κ3) is 25.5. The number of nitrogens with one attached hydrogen (secondary N) is 7. The number of nitrogens with zero attached hydrogens (tertiary/aromatic N) is 4. The van der Waals surface area contributed by atoms with Crippen LogP contribution in [0, 0.1) is 17.6 Å². The van der Waals surface area contributed by atoms with Gasteiger partial charge in [-0.3, -0.25) is 28.8 Å². The molecule has 6 atom stereocenters. The van der Waals surface area contributed by atoms with E-state index in [1.54, 1.807) is 13.8 Å². The largest absolute Gasteiger partial charge is 0.493 e. The van der Waals surface area contributed by atoms with E-state index in [-0.39, 0.29) is 138 Å². The lowest BCUT2D eigenvalue weighted by Gasteiger charge is -2.29. The van der Waals surface area contributed by atoms with Crippen LogP contribution in [-0.4, -0.2) is 208 Å². The van der Waals surface area contributed by atoms with Crippen molar-refractivity contribution in [3.63, 3.8) is 0 Å². The summed E-state index contributed by atoms with van der Waals surface area (Å²) in [5.74, 6) is -10.4. The van der Waals surface area contributed by atoms with Crippen LogP contribution in [0.4, 0.5) is 30.0 Å². The van der Waals surface area contributed by atoms with E-state index in [0.29, 0.717) is 24.8 Å². The minimum Gasteiger partial charge on any atom is -0.493 e. The van der Waals surface area contributed by atoms with E-state index in [4.69, 9.17) is 28.8 Å². The van der Waals surface area contributed by atoms with E-state index in [1.165, 1.54) is 36.6 Å². The third-order valence-electron chi connectivity index (χ3n) is 13.6. The summed E-state index contributed by atoms with van der Waals surface area (Å²) in [5.41, 5.74) is 0.719. The second-order valence-corrected chi connectivity index (χ2v) is 23.7. The van der Waals surface area contributed by atoms with Crippen LogP contribution < -0.4 is 46.7 Å². The van der Waals surface area contributed by atoms with E-state index in [9.17, 15) is 71.9 Å². The number of fused-ring (bicyclic) bond motifs is 6. The zero-order valence-corrected chi connectivity index (χ0v) is 51.2. The molecule has 31 nitrogen and oxygen atoms in total. The van der Waals surface area contributed by atoms with Crippen LogP contribution in [0.2, 0.25) is 0 Å². The van der Waals surface area contributed by atoms with Crippen LogP contribution in [0.1, 0.15) is 83.6 Å². The monoisotopic (exact) mass is 1310 g/mol. The molecule has 2 aliphatic heterocycles. The van der Waals surface area contributed by atoms with Crippen LogP contribution in [-0.2, 0) is 68.0 Å². The maximum atomic E-state index is 15.2. The summed E-state index contributed by atoms with van der Waals surface area (Å²) in [4.78, 5) is 134. The van der Waals surface area contributed by atoms with E-state index in [1.807, 2.05) is 5.32 Å². The first-order chi connectivity index (χ1) is 43.3. The predicted molar refractivity (Wildman–Crippen MR) is 317 cm³/mol. The van der Waals surface area contributed by atoms with Gasteiger partial charge in [0.2, 0.25) is 23.6 Å². The number of hydrogen-bond donors (Lipinski definition) is 11. The Balaban J connectivity index is 1.00. The molecule has 1 saturated heterocycles. The highest BCUT2D eigenvalue weighted by Gasteiger charge is 2.40. The maximum Gasteiger partial charge on any atom is 0.326 e. The number of halogens is 2. The first kappa shape index (κ1) is 72.9. The molecule has 500 valence electrons. The number of pyridine rings is 2. The molecule has 3 aromatic rings. The summed E-state index contributed by atoms with van der Waals surface area (Å²) in [7, 11) is -3.41. The number of unbranched alkanes of at least 4 members (excludes halogenated alkanes) is 1. The number of carbonyl (C=O) groups excluding carboxylic acids is 6. The van der Waals surface area contributed by atoms with Crippen molar-refractivity contribution in [2.45, 2.75) is 114 Å². The van der Waals surface area contributed by atoms with Crippen LogP contribution in [0.5, 0.6) is 11.6 Å². The SMILES string of the molecule is CC(C)[C@H](NC(=O)[C@@H]1CCCN1C(=O)[C@H](CC(=O)O)NC(=O)CCOCCOCCOCCNC(=O)NCCCC[C@H](NC(=O)N[C@@H](CCC(=O)O)C(=O)O)C(=O)O)C(=O)N=[S@](C)(=O)Cc1cc2nc(c1)OCCCOc1cc(F)ccc1-c1cc(ncc1F)N2. The molecular weight excluding hydrogens is 1230 g/mol. The Morgan fingerprint density at radius 3 is 2.09 bits per heavy atom. The van der Waals surface area contributed by atoms with Gasteiger partial charge in [-0.15, -0.1) is 0 Å². The summed E-state index contributed by atoms with van der Waals surface area (Å²) in [6, 6.07) is -0.424. The highest BCUT2D eigenvalue weighted by atomic mass is 32.2. The van der Waals surface area contributed by atoms with E-state index >= 15 is 4.39 Å². The molecule has 1 aromatic carbocycles. The average Bonchev–Trinajstić information content (AvgIpc) is 2.83. The summed E-state index contributed by atoms with van der Waals surface area (Å²) < 4.78 is 75.6. The molecule has 4 bridgehead atoms. The van der Waals surface area contributed by atoms with Gasteiger partial charge in [0.05, 0.1) is 81.0 Å². The molecule has 5 rings (SSSR count). The van der Waals surface area contributed by atoms with Gasteiger partial charge in [0.1, 0.15) is 59.2 Å². The fourth-order valence-electron chi connectivity index (χ4n) is 9.20. The Labute approximate surface area is 522 Å². The van der Waals surface area contributed by atoms with Crippen molar-refractivity contribution in [1.29, 1.82) is 0 Å². The number of benzene rings is 1. The Kier molecular flexibility index (Phi) is 29.4. The molecule has 2 aliphatic rings. The van der Waals surface area contributed by atoms with Gasteiger partial charge in [-0.25, -0.2) is 37.2 Å². The predicted octanol–water partition coefficient (Wildman–Crippen LogP) is 2.52. The number of anilines is 2. The molecule has 0 aliphatic carbocycles. The van der Waals surface area contributed by atoms with Gasteiger partial charge < -0.3 is 86.2 Å². The number of urea groups is 2. The molecule has 1 fully saturated rings. The van der Waals surface area contributed by atoms with E-state index < -0.39 is 136 Å². The van der Waals surface area contributed by atoms with E-state index in [2.05, 4.69) is 46.2 Å². The second-order valence-electron chi connectivity index (χ2n) is 21.3. The number of carboxylic acids is 4. The fourth-order valence-corrected chi connectivity index (χ4v) is 10.5. The van der Waals surface area contributed by atoms with Gasteiger partial charge in [0.15, 0.2) is 0 Å². The molecule has 0 saturated carbocycles. The Bertz CT molecular complexity index is 3190. The van der Waals surface area contributed by atoms with Crippen LogP contribution in [0.25, 0.3) is 11.1 Å². The number of hydrogen-bond acceptors (Lipinski definition) is 19. The molecule has 91 heavy (non-hydrogen) atoms. The Hall–Kier alpha value is -8.89. The first-order valence-corrected chi connectivity index (χ1v) is 31.2. The van der Waals surface area contributed by atoms with Gasteiger partial charge in [0, 0.05) is 68.4 Å². The minimum atomic E-state index is -3.41. The number of rotatable bonds is 34. The van der Waals surface area contributed by atoms with Gasteiger partial charge in [-0.05, 0) is 74.3 Å². The summed E-state index contributed by atoms with van der Waals surface area (Å²) in [5, 5.41) is 54.5. The fraction of sp³-hybridized carbons (Fsp3) is 0.544. The lowest BCUT2D eigenvalue weighted by Crippen LogP contribution is -2.56. The van der Waals surface area contributed by atoms with Crippen molar-refractivity contribution in [3.8, 4) is 22.8 Å². The number of aliphatic carboxylic acids is 4. The summed E-state index contributed by atoms with van der Waals surface area (Å²) >= 11 is 0. The highest BCUT2D eigenvalue weighted by molar-refractivity contribution is 7.92. The number of amides is 8. The number of aromatic nitrogens is 2. The molecule has 8 amide bonds. The van der Waals surface area contributed by atoms with E-state index in [0.717, 1.165) is 17.2 Å². The van der Waals surface area contributed by atoms with Gasteiger partial charge >= 0.3 is 35.9 Å². The van der Waals surface area contributed by atoms with Gasteiger partial charge in [0.25, 0.3) is 5.91 Å². The molecule has 34 heteroatoms. The number of carbonyl (C=O) groups is 10. The molecule has 4 heterocycles. The maximum absolute atomic E-state index is 15.2. The smallest absolute Gasteiger partial charge is 0.326 e. The number of carboxylic acid groups (broad SMARTS) is 4. The molecule has 11 N–H and O–H groups in total. The average molecular weight is 1310 g/mol. The van der Waals surface area contributed by atoms with Crippen molar-refractivity contribution in [2.75, 3.05) is 84.1 Å². The second kappa shape index (κ2) is 36.7. The van der Waals surface area contributed by atoms with Crippen LogP contribution in [0.3, 0.4) is 0 Å². The van der Waals surface area contributed by atoms with Crippen molar-refractivity contribution in [1.82, 2.24) is 46.8 Å². The normalized spacial score (nSPS) is 15.6. The molecule has 0 radical (unpaired) electrons. The molecule has 0 spiro atoms. The van der Waals surface area contributed by atoms with Crippen LogP contribution in [0.15, 0.2) is 47.0 Å². The van der Waals surface area contributed by atoms with Crippen molar-refractivity contribution >= 4 is 80.9 Å². The lowest BCUT2D eigenvalue weighted by atomic mass is 10.0. The first-order valence-electron chi connectivity index (χ1n) is 29.1. The van der Waals surface area contributed by atoms with Crippen molar-refractivity contribution < 1.29 is 105 Å². The van der Waals surface area contributed by atoms with Gasteiger partial charge in [-0.2, -0.15) is 9.35 Å². The number of ether oxygens (including phenoxy) is 5. The lowest BCUT2D eigenvalue weighted by molar-refractivity contribution is -0.146. The minimum absolute atomic E-state index is 0.0343. The van der Waals surface area contributed by atoms with Gasteiger partial charge in [-0.1, -0.05) is 13.8 Å². The summed E-state index contributed by atoms with van der Waals surface area (Å²) in [6.07, 6.45) is 1.56. The molecule has 2 aromatic heterocycles. The Morgan fingerprint density at radius 2 is 1.41 bits per heavy atom. The highest BCUT2D eigenvalue weighted by Crippen LogP contribution is 2.35. The van der Waals surface area contributed by atoms with Crippen molar-refractivity contribution in [2.24, 2.45) is 10.3 Å². The Morgan fingerprint density at radius 1 is 0.736 bits per heavy atom. The zero-order chi connectivity index (χ0) is 66.6.